The van der Waals surface area contributed by atoms with Crippen LogP contribution in [0.4, 0.5) is 10.5 Å². The van der Waals surface area contributed by atoms with Crippen LogP contribution in [0.3, 0.4) is 0 Å². The highest BCUT2D eigenvalue weighted by atomic mass is 16.4. The van der Waals surface area contributed by atoms with Crippen molar-refractivity contribution in [2.24, 2.45) is 0 Å². The first-order valence-electron chi connectivity index (χ1n) is 7.48. The van der Waals surface area contributed by atoms with Gasteiger partial charge in [-0.15, -0.1) is 0 Å². The summed E-state index contributed by atoms with van der Waals surface area (Å²) in [6.07, 6.45) is 3.21. The summed E-state index contributed by atoms with van der Waals surface area (Å²) in [6.45, 7) is 3.24. The summed E-state index contributed by atoms with van der Waals surface area (Å²) < 4.78 is 0. The van der Waals surface area contributed by atoms with Crippen molar-refractivity contribution in [1.29, 1.82) is 0 Å². The fraction of sp³-hybridized carbons (Fsp3) is 0.500. The SMILES string of the molecule is Cc1ccc2c(c1)CCCN2C(=O)N1CCCC1C(=O)O. The number of urea groups is 1. The first-order chi connectivity index (χ1) is 10.1. The molecule has 5 heteroatoms. The van der Waals surface area contributed by atoms with Crippen LogP contribution in [0.5, 0.6) is 0 Å². The van der Waals surface area contributed by atoms with Gasteiger partial charge in [0.25, 0.3) is 0 Å². The van der Waals surface area contributed by atoms with E-state index in [9.17, 15) is 14.7 Å². The number of nitrogens with zero attached hydrogens (tertiary/aromatic N) is 2. The summed E-state index contributed by atoms with van der Waals surface area (Å²) in [4.78, 5) is 27.3. The number of carbonyl (C=O) groups is 2. The van der Waals surface area contributed by atoms with Crippen LogP contribution >= 0.6 is 0 Å². The standard InChI is InChI=1S/C16H20N2O3/c1-11-6-7-13-12(10-11)4-2-8-17(13)16(21)18-9-3-5-14(18)15(19)20/h6-7,10,14H,2-5,8-9H2,1H3,(H,19,20). The lowest BCUT2D eigenvalue weighted by Gasteiger charge is -2.34. The number of aliphatic carboxylic acids is 1. The molecule has 5 nitrogen and oxygen atoms in total. The largest absolute Gasteiger partial charge is 0.480 e. The van der Waals surface area contributed by atoms with Crippen LogP contribution in [0.1, 0.15) is 30.4 Å². The smallest absolute Gasteiger partial charge is 0.326 e. The van der Waals surface area contributed by atoms with Crippen LogP contribution in [0.2, 0.25) is 0 Å². The van der Waals surface area contributed by atoms with E-state index in [0.29, 0.717) is 19.5 Å². The molecule has 2 heterocycles. The molecule has 0 spiro atoms. The van der Waals surface area contributed by atoms with Crippen LogP contribution in [0.15, 0.2) is 18.2 Å². The molecule has 1 unspecified atom stereocenters. The number of hydrogen-bond acceptors (Lipinski definition) is 2. The molecule has 1 atom stereocenters. The molecule has 2 aliphatic heterocycles. The summed E-state index contributed by atoms with van der Waals surface area (Å²) in [5.41, 5.74) is 3.31. The number of likely N-dealkylation sites (tertiary alicyclic amines) is 1. The second-order valence-electron chi connectivity index (χ2n) is 5.86. The summed E-state index contributed by atoms with van der Waals surface area (Å²) in [7, 11) is 0. The summed E-state index contributed by atoms with van der Waals surface area (Å²) in [5.74, 6) is -0.901. The van der Waals surface area contributed by atoms with E-state index in [1.54, 1.807) is 4.90 Å². The zero-order chi connectivity index (χ0) is 15.0. The van der Waals surface area contributed by atoms with Crippen molar-refractivity contribution in [2.45, 2.75) is 38.6 Å². The quantitative estimate of drug-likeness (QED) is 0.863. The fourth-order valence-electron chi connectivity index (χ4n) is 3.33. The molecular weight excluding hydrogens is 268 g/mol. The maximum atomic E-state index is 12.8. The van der Waals surface area contributed by atoms with Gasteiger partial charge in [0, 0.05) is 18.8 Å². The van der Waals surface area contributed by atoms with Crippen LogP contribution in [0.25, 0.3) is 0 Å². The van der Waals surface area contributed by atoms with Crippen LogP contribution < -0.4 is 4.90 Å². The summed E-state index contributed by atoms with van der Waals surface area (Å²) >= 11 is 0. The van der Waals surface area contributed by atoms with Crippen LogP contribution in [0, 0.1) is 6.92 Å². The molecule has 1 saturated heterocycles. The Morgan fingerprint density at radius 1 is 1.24 bits per heavy atom. The van der Waals surface area contributed by atoms with Crippen molar-refractivity contribution >= 4 is 17.7 Å². The van der Waals surface area contributed by atoms with Crippen LogP contribution in [-0.4, -0.2) is 41.1 Å². The van der Waals surface area contributed by atoms with Gasteiger partial charge in [-0.2, -0.15) is 0 Å². The number of carbonyl (C=O) groups excluding carboxylic acids is 1. The first-order valence-corrected chi connectivity index (χ1v) is 7.48. The number of amides is 2. The average Bonchev–Trinajstić information content (AvgIpc) is 2.95. The van der Waals surface area contributed by atoms with Crippen molar-refractivity contribution < 1.29 is 14.7 Å². The van der Waals surface area contributed by atoms with Gasteiger partial charge in [0.15, 0.2) is 0 Å². The third-order valence-electron chi connectivity index (χ3n) is 4.37. The molecule has 1 N–H and O–H groups in total. The van der Waals surface area contributed by atoms with E-state index < -0.39 is 12.0 Å². The normalized spacial score (nSPS) is 21.3. The summed E-state index contributed by atoms with van der Waals surface area (Å²) in [5, 5.41) is 9.25. The maximum absolute atomic E-state index is 12.8. The third kappa shape index (κ3) is 2.48. The predicted octanol–water partition coefficient (Wildman–Crippen LogP) is 2.42. The maximum Gasteiger partial charge on any atom is 0.326 e. The van der Waals surface area contributed by atoms with E-state index in [1.165, 1.54) is 16.0 Å². The molecule has 21 heavy (non-hydrogen) atoms. The minimum Gasteiger partial charge on any atom is -0.480 e. The number of carboxylic acid groups (broad SMARTS) is 1. The number of carboxylic acids is 1. The number of rotatable bonds is 1. The van der Waals surface area contributed by atoms with E-state index in [2.05, 4.69) is 6.07 Å². The van der Waals surface area contributed by atoms with Gasteiger partial charge in [-0.25, -0.2) is 9.59 Å². The Kier molecular flexibility index (Phi) is 3.57. The van der Waals surface area contributed by atoms with Gasteiger partial charge in [0.2, 0.25) is 0 Å². The second kappa shape index (κ2) is 5.39. The molecule has 0 aromatic heterocycles. The Labute approximate surface area is 124 Å². The highest BCUT2D eigenvalue weighted by molar-refractivity contribution is 5.96. The van der Waals surface area contributed by atoms with Gasteiger partial charge >= 0.3 is 12.0 Å². The Hall–Kier alpha value is -2.04. The Balaban J connectivity index is 1.88. The molecule has 2 amide bonds. The van der Waals surface area contributed by atoms with Gasteiger partial charge < -0.3 is 10.0 Å². The monoisotopic (exact) mass is 288 g/mol. The molecule has 1 aromatic carbocycles. The number of hydrogen-bond donors (Lipinski definition) is 1. The molecule has 0 saturated carbocycles. The Morgan fingerprint density at radius 2 is 2.05 bits per heavy atom. The van der Waals surface area contributed by atoms with Gasteiger partial charge in [-0.1, -0.05) is 17.7 Å². The van der Waals surface area contributed by atoms with Gasteiger partial charge in [-0.3, -0.25) is 4.90 Å². The molecule has 3 rings (SSSR count). The van der Waals surface area contributed by atoms with E-state index >= 15 is 0 Å². The molecule has 0 bridgehead atoms. The number of fused-ring (bicyclic) bond motifs is 1. The molecule has 0 radical (unpaired) electrons. The van der Waals surface area contributed by atoms with E-state index in [1.807, 2.05) is 19.1 Å². The topological polar surface area (TPSA) is 60.9 Å². The molecule has 112 valence electrons. The molecular formula is C16H20N2O3. The van der Waals surface area contributed by atoms with Crippen molar-refractivity contribution in [3.63, 3.8) is 0 Å². The number of benzene rings is 1. The van der Waals surface area contributed by atoms with Gasteiger partial charge in [0.05, 0.1) is 0 Å². The minimum absolute atomic E-state index is 0.162. The van der Waals surface area contributed by atoms with E-state index in [0.717, 1.165) is 24.9 Å². The lowest BCUT2D eigenvalue weighted by Crippen LogP contribution is -2.49. The second-order valence-corrected chi connectivity index (χ2v) is 5.86. The number of anilines is 1. The fourth-order valence-corrected chi connectivity index (χ4v) is 3.33. The van der Waals surface area contributed by atoms with Crippen molar-refractivity contribution in [2.75, 3.05) is 18.0 Å². The number of aryl methyl sites for hydroxylation is 2. The highest BCUT2D eigenvalue weighted by Crippen LogP contribution is 2.30. The predicted molar refractivity (Wildman–Crippen MR) is 79.6 cm³/mol. The zero-order valence-electron chi connectivity index (χ0n) is 12.2. The molecule has 0 aliphatic carbocycles. The third-order valence-corrected chi connectivity index (χ3v) is 4.37. The summed E-state index contributed by atoms with van der Waals surface area (Å²) in [6, 6.07) is 5.27. The van der Waals surface area contributed by atoms with Gasteiger partial charge in [-0.05, 0) is 44.2 Å². The lowest BCUT2D eigenvalue weighted by atomic mass is 10.00. The van der Waals surface area contributed by atoms with Crippen molar-refractivity contribution in [1.82, 2.24) is 4.90 Å². The Bertz CT molecular complexity index is 585. The molecule has 1 fully saturated rings. The average molecular weight is 288 g/mol. The Morgan fingerprint density at radius 3 is 2.81 bits per heavy atom. The molecule has 2 aliphatic rings. The van der Waals surface area contributed by atoms with Crippen LogP contribution in [-0.2, 0) is 11.2 Å². The lowest BCUT2D eigenvalue weighted by molar-refractivity contribution is -0.141. The minimum atomic E-state index is -0.901. The highest BCUT2D eigenvalue weighted by Gasteiger charge is 2.37. The van der Waals surface area contributed by atoms with E-state index in [-0.39, 0.29) is 6.03 Å². The van der Waals surface area contributed by atoms with Crippen molar-refractivity contribution in [3.05, 3.63) is 29.3 Å². The van der Waals surface area contributed by atoms with Crippen molar-refractivity contribution in [3.8, 4) is 0 Å². The van der Waals surface area contributed by atoms with Gasteiger partial charge in [0.1, 0.15) is 6.04 Å². The zero-order valence-corrected chi connectivity index (χ0v) is 12.2. The first kappa shape index (κ1) is 13.9. The molecule has 1 aromatic rings. The van der Waals surface area contributed by atoms with E-state index in [4.69, 9.17) is 0 Å².